The topological polar surface area (TPSA) is 83.1 Å². The van der Waals surface area contributed by atoms with Crippen LogP contribution in [-0.4, -0.2) is 54.7 Å². The molecule has 0 radical (unpaired) electrons. The van der Waals surface area contributed by atoms with E-state index in [1.807, 2.05) is 13.8 Å². The number of nitrogens with one attached hydrogen (secondary N) is 1. The minimum atomic E-state index is -0.856. The molecule has 2 aliphatic heterocycles. The average Bonchev–Trinajstić information content (AvgIpc) is 2.85. The average molecular weight is 301 g/mol. The second kappa shape index (κ2) is 5.64. The molecule has 7 nitrogen and oxygen atoms in total. The van der Waals surface area contributed by atoms with Gasteiger partial charge in [0.25, 0.3) is 0 Å². The molecule has 7 heteroatoms. The molecule has 21 heavy (non-hydrogen) atoms. The maximum Gasteiger partial charge on any atom is 0.217 e. The van der Waals surface area contributed by atoms with Crippen LogP contribution < -0.4 is 5.32 Å². The first-order chi connectivity index (χ1) is 9.63. The van der Waals surface area contributed by atoms with Gasteiger partial charge in [-0.25, -0.2) is 0 Å². The molecule has 2 saturated heterocycles. The standard InChI is InChI=1S/C14H23NO6/c1-8(17)15-9(6-16)11-12(21-14(4,5)20-11)10-7-18-13(2,3)19-10/h6,9-12H,7H2,1-5H3,(H,15,17)/t9-,10-,11+,12+/m0/s1. The van der Waals surface area contributed by atoms with Gasteiger partial charge < -0.3 is 29.1 Å². The summed E-state index contributed by atoms with van der Waals surface area (Å²) in [6, 6.07) is -0.790. The highest BCUT2D eigenvalue weighted by Gasteiger charge is 2.52. The summed E-state index contributed by atoms with van der Waals surface area (Å²) in [7, 11) is 0. The van der Waals surface area contributed by atoms with E-state index in [0.717, 1.165) is 0 Å². The maximum atomic E-state index is 11.3. The van der Waals surface area contributed by atoms with Crippen LogP contribution in [0.4, 0.5) is 0 Å². The smallest absolute Gasteiger partial charge is 0.217 e. The van der Waals surface area contributed by atoms with Gasteiger partial charge in [-0.05, 0) is 27.7 Å². The van der Waals surface area contributed by atoms with Gasteiger partial charge in [-0.2, -0.15) is 0 Å². The van der Waals surface area contributed by atoms with Crippen molar-refractivity contribution in [1.82, 2.24) is 5.32 Å². The molecule has 1 N–H and O–H groups in total. The molecular formula is C14H23NO6. The quantitative estimate of drug-likeness (QED) is 0.755. The van der Waals surface area contributed by atoms with Gasteiger partial charge in [-0.15, -0.1) is 0 Å². The van der Waals surface area contributed by atoms with Crippen molar-refractivity contribution in [3.63, 3.8) is 0 Å². The van der Waals surface area contributed by atoms with Crippen LogP contribution in [0.3, 0.4) is 0 Å². The van der Waals surface area contributed by atoms with Crippen LogP contribution in [0.5, 0.6) is 0 Å². The fraction of sp³-hybridized carbons (Fsp3) is 0.857. The number of amides is 1. The van der Waals surface area contributed by atoms with Gasteiger partial charge in [0.1, 0.15) is 30.6 Å². The molecule has 2 fully saturated rings. The molecule has 0 aromatic rings. The van der Waals surface area contributed by atoms with E-state index in [0.29, 0.717) is 12.9 Å². The van der Waals surface area contributed by atoms with Crippen LogP contribution >= 0.6 is 0 Å². The summed E-state index contributed by atoms with van der Waals surface area (Å²) in [5.74, 6) is -1.86. The van der Waals surface area contributed by atoms with Crippen molar-refractivity contribution in [3.8, 4) is 0 Å². The summed E-state index contributed by atoms with van der Waals surface area (Å²) in [5, 5.41) is 2.58. The lowest BCUT2D eigenvalue weighted by atomic mass is 10.0. The van der Waals surface area contributed by atoms with Gasteiger partial charge in [0.05, 0.1) is 6.61 Å². The van der Waals surface area contributed by atoms with E-state index in [9.17, 15) is 9.59 Å². The Morgan fingerprint density at radius 2 is 1.86 bits per heavy atom. The molecule has 0 aromatic carbocycles. The third-order valence-electron chi connectivity index (χ3n) is 3.43. The van der Waals surface area contributed by atoms with Crippen molar-refractivity contribution in [2.75, 3.05) is 6.61 Å². The third-order valence-corrected chi connectivity index (χ3v) is 3.43. The first-order valence-corrected chi connectivity index (χ1v) is 7.03. The van der Waals surface area contributed by atoms with E-state index in [1.165, 1.54) is 6.92 Å². The Morgan fingerprint density at radius 1 is 1.19 bits per heavy atom. The first kappa shape index (κ1) is 16.4. The maximum absolute atomic E-state index is 11.3. The minimum absolute atomic E-state index is 0.303. The zero-order valence-electron chi connectivity index (χ0n) is 13.0. The van der Waals surface area contributed by atoms with E-state index in [1.54, 1.807) is 13.8 Å². The molecule has 0 spiro atoms. The highest BCUT2D eigenvalue weighted by molar-refractivity contribution is 5.77. The Balaban J connectivity index is 2.16. The van der Waals surface area contributed by atoms with Crippen LogP contribution in [0.2, 0.25) is 0 Å². The van der Waals surface area contributed by atoms with Gasteiger partial charge in [0.15, 0.2) is 11.6 Å². The molecule has 4 atom stereocenters. The monoisotopic (exact) mass is 301 g/mol. The van der Waals surface area contributed by atoms with Crippen molar-refractivity contribution in [2.24, 2.45) is 0 Å². The summed E-state index contributed by atoms with van der Waals surface area (Å²) in [5.41, 5.74) is 0. The fourth-order valence-corrected chi connectivity index (χ4v) is 2.69. The summed E-state index contributed by atoms with van der Waals surface area (Å²) in [4.78, 5) is 22.5. The number of aldehydes is 1. The van der Waals surface area contributed by atoms with Gasteiger partial charge >= 0.3 is 0 Å². The largest absolute Gasteiger partial charge is 0.348 e. The molecule has 120 valence electrons. The lowest BCUT2D eigenvalue weighted by molar-refractivity contribution is -0.175. The molecule has 2 heterocycles. The SMILES string of the molecule is CC(=O)N[C@@H](C=O)[C@H]1OC(C)(C)O[C@@H]1[C@@H]1COC(C)(C)O1. The zero-order chi connectivity index (χ0) is 15.8. The normalized spacial score (nSPS) is 35.4. The van der Waals surface area contributed by atoms with Gasteiger partial charge in [-0.1, -0.05) is 0 Å². The van der Waals surface area contributed by atoms with Crippen LogP contribution in [0.15, 0.2) is 0 Å². The number of carbonyl (C=O) groups is 2. The molecule has 0 bridgehead atoms. The van der Waals surface area contributed by atoms with Crippen LogP contribution in [-0.2, 0) is 28.5 Å². The number of rotatable bonds is 4. The molecule has 0 aromatic heterocycles. The summed E-state index contributed by atoms with van der Waals surface area (Å²) < 4.78 is 23.0. The first-order valence-electron chi connectivity index (χ1n) is 7.03. The second-order valence-corrected chi connectivity index (χ2v) is 6.29. The minimum Gasteiger partial charge on any atom is -0.348 e. The Labute approximate surface area is 124 Å². The fourth-order valence-electron chi connectivity index (χ4n) is 2.69. The van der Waals surface area contributed by atoms with Crippen molar-refractivity contribution in [1.29, 1.82) is 0 Å². The van der Waals surface area contributed by atoms with Crippen molar-refractivity contribution < 1.29 is 28.5 Å². The highest BCUT2D eigenvalue weighted by atomic mass is 16.8. The molecule has 2 aliphatic rings. The van der Waals surface area contributed by atoms with Gasteiger partial charge in [0.2, 0.25) is 5.91 Å². The molecular weight excluding hydrogens is 278 g/mol. The van der Waals surface area contributed by atoms with Crippen LogP contribution in [0.25, 0.3) is 0 Å². The zero-order valence-corrected chi connectivity index (χ0v) is 13.0. The third kappa shape index (κ3) is 3.79. The Hall–Kier alpha value is -1.02. The summed E-state index contributed by atoms with van der Waals surface area (Å²) >= 11 is 0. The van der Waals surface area contributed by atoms with E-state index >= 15 is 0 Å². The highest BCUT2D eigenvalue weighted by Crippen LogP contribution is 2.36. The molecule has 0 saturated carbocycles. The lowest BCUT2D eigenvalue weighted by Crippen LogP contribution is -2.51. The van der Waals surface area contributed by atoms with E-state index < -0.39 is 29.8 Å². The molecule has 0 aliphatic carbocycles. The number of hydrogen-bond donors (Lipinski definition) is 1. The van der Waals surface area contributed by atoms with Crippen molar-refractivity contribution in [2.45, 2.75) is 70.5 Å². The van der Waals surface area contributed by atoms with Crippen molar-refractivity contribution in [3.05, 3.63) is 0 Å². The van der Waals surface area contributed by atoms with Crippen molar-refractivity contribution >= 4 is 12.2 Å². The molecule has 0 unspecified atom stereocenters. The van der Waals surface area contributed by atoms with Crippen LogP contribution in [0, 0.1) is 0 Å². The Morgan fingerprint density at radius 3 is 2.33 bits per heavy atom. The van der Waals surface area contributed by atoms with Crippen LogP contribution in [0.1, 0.15) is 34.6 Å². The predicted molar refractivity (Wildman–Crippen MR) is 72.4 cm³/mol. The van der Waals surface area contributed by atoms with Gasteiger partial charge in [0, 0.05) is 6.92 Å². The lowest BCUT2D eigenvalue weighted by Gasteiger charge is -2.26. The summed E-state index contributed by atoms with van der Waals surface area (Å²) in [6.45, 7) is 8.85. The van der Waals surface area contributed by atoms with E-state index in [-0.39, 0.29) is 12.0 Å². The van der Waals surface area contributed by atoms with Gasteiger partial charge in [-0.3, -0.25) is 4.79 Å². The summed E-state index contributed by atoms with van der Waals surface area (Å²) in [6.07, 6.45) is -0.819. The second-order valence-electron chi connectivity index (χ2n) is 6.29. The Bertz CT molecular complexity index is 422. The number of carbonyl (C=O) groups excluding carboxylic acids is 2. The van der Waals surface area contributed by atoms with E-state index in [2.05, 4.69) is 5.32 Å². The molecule has 1 amide bonds. The number of hydrogen-bond acceptors (Lipinski definition) is 6. The Kier molecular flexibility index (Phi) is 4.39. The van der Waals surface area contributed by atoms with E-state index in [4.69, 9.17) is 18.9 Å². The number of ether oxygens (including phenoxy) is 4. The molecule has 2 rings (SSSR count). The predicted octanol–water partition coefficient (Wildman–Crippen LogP) is 0.362.